The first-order valence-electron chi connectivity index (χ1n) is 12.9. The zero-order chi connectivity index (χ0) is 31.6. The van der Waals surface area contributed by atoms with E-state index in [1.807, 2.05) is 0 Å². The Kier molecular flexibility index (Phi) is 8.95. The Morgan fingerprint density at radius 3 is 2.65 bits per heavy atom. The summed E-state index contributed by atoms with van der Waals surface area (Å²) in [4.78, 5) is 43.0. The summed E-state index contributed by atoms with van der Waals surface area (Å²) in [7, 11) is -4.23. The van der Waals surface area contributed by atoms with Crippen LogP contribution in [0.2, 0.25) is 0 Å². The highest BCUT2D eigenvalue weighted by Crippen LogP contribution is 2.55. The first-order chi connectivity index (χ1) is 20.2. The molecule has 2 aromatic rings. The Labute approximate surface area is 242 Å². The van der Waals surface area contributed by atoms with Crippen molar-refractivity contribution in [3.8, 4) is 0 Å². The third-order valence-corrected chi connectivity index (χ3v) is 8.59. The molecule has 232 valence electrons. The molecule has 3 unspecified atom stereocenters. The van der Waals surface area contributed by atoms with Gasteiger partial charge in [0.15, 0.2) is 18.6 Å². The number of hydrogen-bond acceptors (Lipinski definition) is 9. The van der Waals surface area contributed by atoms with E-state index < -0.39 is 54.5 Å². The van der Waals surface area contributed by atoms with Crippen LogP contribution in [0.4, 0.5) is 35.0 Å². The van der Waals surface area contributed by atoms with Crippen LogP contribution < -0.4 is 25.3 Å². The fourth-order valence-electron chi connectivity index (χ4n) is 4.95. The Bertz CT molecular complexity index is 1550. The first-order valence-corrected chi connectivity index (χ1v) is 14.4. The first kappa shape index (κ1) is 32.0. The van der Waals surface area contributed by atoms with Crippen molar-refractivity contribution in [2.45, 2.75) is 31.2 Å². The van der Waals surface area contributed by atoms with Crippen molar-refractivity contribution < 1.29 is 41.8 Å². The van der Waals surface area contributed by atoms with Crippen molar-refractivity contribution in [1.29, 1.82) is 0 Å². The van der Waals surface area contributed by atoms with E-state index >= 15 is 4.39 Å². The second kappa shape index (κ2) is 12.0. The lowest BCUT2D eigenvalue weighted by molar-refractivity contribution is -0.198. The molecule has 4 rings (SSSR count). The second-order valence-electron chi connectivity index (χ2n) is 9.88. The number of halogens is 4. The molecule has 0 bridgehead atoms. The standard InChI is InChI=1S/C25H29F4N8O5P/c1-15-6-7-24(19(26)11-15,43(40,41)42)36-23-31-14-17(25(27,28)29)21(35-23)34-18-5-3-8-37(9-4-10-38,16-12-32-33-13-16)20(18)22(39)30-2/h3,5-6,11-14,38H,4,7-10H2,1-2H3,(H5-,30,31,32,33,34,35,36,39,40,41,42). The number of allylic oxidation sites excluding steroid dienone is 3. The second-order valence-corrected chi connectivity index (χ2v) is 11.7. The van der Waals surface area contributed by atoms with E-state index in [4.69, 9.17) is 0 Å². The fraction of sp³-hybridized carbons (Fsp3) is 0.360. The van der Waals surface area contributed by atoms with E-state index in [1.165, 1.54) is 38.5 Å². The Morgan fingerprint density at radius 2 is 2.07 bits per heavy atom. The number of aliphatic hydroxyl groups is 1. The molecular formula is C25H29F4N8O5P. The number of aromatic amines is 1. The van der Waals surface area contributed by atoms with Gasteiger partial charge in [-0.15, -0.1) is 0 Å². The van der Waals surface area contributed by atoms with Gasteiger partial charge in [0.05, 0.1) is 12.7 Å². The van der Waals surface area contributed by atoms with Gasteiger partial charge in [-0.05, 0) is 25.2 Å². The molecular weight excluding hydrogens is 599 g/mol. The smallest absolute Gasteiger partial charge is 0.421 e. The van der Waals surface area contributed by atoms with Crippen LogP contribution in [0.15, 0.2) is 65.7 Å². The van der Waals surface area contributed by atoms with E-state index in [9.17, 15) is 37.4 Å². The van der Waals surface area contributed by atoms with Gasteiger partial charge in [-0.1, -0.05) is 11.6 Å². The predicted molar refractivity (Wildman–Crippen MR) is 146 cm³/mol. The molecule has 0 radical (unpaired) electrons. The lowest BCUT2D eigenvalue weighted by atomic mass is 10.0. The number of likely N-dealkylation sites (N-methyl/N-ethyl adjacent to an activating group) is 1. The van der Waals surface area contributed by atoms with Gasteiger partial charge in [0, 0.05) is 32.7 Å². The number of amides is 1. The molecule has 18 heteroatoms. The number of quaternary nitrogens is 1. The largest absolute Gasteiger partial charge is 0.777 e. The van der Waals surface area contributed by atoms with Crippen molar-refractivity contribution in [1.82, 2.24) is 30.0 Å². The number of aromatic nitrogens is 4. The third-order valence-electron chi connectivity index (χ3n) is 7.12. The number of hydrogen-bond donors (Lipinski definition) is 6. The van der Waals surface area contributed by atoms with Crippen molar-refractivity contribution in [2.75, 3.05) is 37.4 Å². The van der Waals surface area contributed by atoms with Crippen LogP contribution >= 0.6 is 7.60 Å². The number of nitrogens with one attached hydrogen (secondary N) is 4. The molecule has 13 nitrogen and oxygen atoms in total. The maximum atomic E-state index is 15.1. The van der Waals surface area contributed by atoms with Crippen molar-refractivity contribution in [3.05, 3.63) is 71.3 Å². The summed E-state index contributed by atoms with van der Waals surface area (Å²) in [5, 5.41) is 20.6. The van der Waals surface area contributed by atoms with E-state index in [0.29, 0.717) is 17.5 Å². The van der Waals surface area contributed by atoms with Gasteiger partial charge < -0.3 is 35.4 Å². The van der Waals surface area contributed by atoms with E-state index in [2.05, 4.69) is 36.1 Å². The minimum Gasteiger partial charge on any atom is -0.777 e. The molecule has 0 saturated carbocycles. The van der Waals surface area contributed by atoms with E-state index in [-0.39, 0.29) is 42.0 Å². The van der Waals surface area contributed by atoms with Gasteiger partial charge in [0.1, 0.15) is 35.6 Å². The zero-order valence-electron chi connectivity index (χ0n) is 22.9. The molecule has 3 atom stereocenters. The molecule has 0 spiro atoms. The monoisotopic (exact) mass is 628 g/mol. The van der Waals surface area contributed by atoms with Gasteiger partial charge in [0.2, 0.25) is 11.6 Å². The van der Waals surface area contributed by atoms with Crippen molar-refractivity contribution in [2.24, 2.45) is 0 Å². The fourth-order valence-corrected chi connectivity index (χ4v) is 5.84. The molecule has 0 fully saturated rings. The van der Waals surface area contributed by atoms with E-state index in [1.54, 1.807) is 6.08 Å². The number of H-pyrrole nitrogens is 1. The number of anilines is 2. The normalized spacial score (nSPS) is 23.7. The van der Waals surface area contributed by atoms with Crippen LogP contribution in [-0.4, -0.2) is 68.1 Å². The highest BCUT2D eigenvalue weighted by Gasteiger charge is 2.47. The Balaban J connectivity index is 1.88. The van der Waals surface area contributed by atoms with Gasteiger partial charge in [-0.2, -0.15) is 23.3 Å². The zero-order valence-corrected chi connectivity index (χ0v) is 23.8. The van der Waals surface area contributed by atoms with Crippen LogP contribution in [0, 0.1) is 0 Å². The number of alkyl halides is 3. The van der Waals surface area contributed by atoms with Crippen LogP contribution in [0.1, 0.15) is 25.3 Å². The maximum absolute atomic E-state index is 15.1. The van der Waals surface area contributed by atoms with Crippen LogP contribution in [-0.2, 0) is 15.5 Å². The summed E-state index contributed by atoms with van der Waals surface area (Å²) in [5.41, 5.74) is -0.670. The lowest BCUT2D eigenvalue weighted by Crippen LogP contribution is -2.55. The number of aliphatic hydroxyl groups excluding tert-OH is 1. The van der Waals surface area contributed by atoms with Gasteiger partial charge in [-0.25, -0.2) is 13.9 Å². The van der Waals surface area contributed by atoms with Gasteiger partial charge in [0.25, 0.3) is 0 Å². The summed E-state index contributed by atoms with van der Waals surface area (Å²) in [5.74, 6) is -3.61. The number of nitrogens with zero attached hydrogens (tertiary/aromatic N) is 4. The molecule has 3 heterocycles. The average Bonchev–Trinajstić information content (AvgIpc) is 3.48. The Hall–Kier alpha value is -3.89. The van der Waals surface area contributed by atoms with Crippen LogP contribution in [0.5, 0.6) is 0 Å². The molecule has 1 aliphatic carbocycles. The maximum Gasteiger partial charge on any atom is 0.421 e. The minimum atomic E-state index is -5.57. The van der Waals surface area contributed by atoms with E-state index in [0.717, 1.165) is 6.08 Å². The topological polar surface area (TPSA) is 188 Å². The van der Waals surface area contributed by atoms with Crippen LogP contribution in [0.3, 0.4) is 0 Å². The number of carbonyl (C=O) groups is 1. The summed E-state index contributed by atoms with van der Waals surface area (Å²) in [6.45, 7) is 1.60. The molecule has 0 aromatic carbocycles. The third kappa shape index (κ3) is 6.12. The molecule has 6 N–H and O–H groups in total. The molecule has 0 saturated heterocycles. The molecule has 2 aromatic heterocycles. The van der Waals surface area contributed by atoms with Gasteiger partial charge >= 0.3 is 12.1 Å². The molecule has 1 amide bonds. The molecule has 1 aliphatic heterocycles. The lowest BCUT2D eigenvalue weighted by Gasteiger charge is -2.41. The minimum absolute atomic E-state index is 0.0288. The molecule has 43 heavy (non-hydrogen) atoms. The summed E-state index contributed by atoms with van der Waals surface area (Å²) >= 11 is 0. The highest BCUT2D eigenvalue weighted by atomic mass is 31.2. The highest BCUT2D eigenvalue weighted by molar-refractivity contribution is 7.52. The quantitative estimate of drug-likeness (QED) is 0.130. The average molecular weight is 629 g/mol. The van der Waals surface area contributed by atoms with Gasteiger partial charge in [-0.3, -0.25) is 9.89 Å². The van der Waals surface area contributed by atoms with Crippen LogP contribution in [0.25, 0.3) is 0 Å². The molecule has 2 aliphatic rings. The SMILES string of the molecule is CNC(=O)C1=C(Nc2nc(NC3(P(=O)([O-])O)CC=C(C)C=C3F)ncc2C(F)(F)F)C=CC[N+]1(CCCO)c1cn[nH]c1. The van der Waals surface area contributed by atoms with Crippen molar-refractivity contribution >= 4 is 31.0 Å². The Morgan fingerprint density at radius 1 is 1.33 bits per heavy atom. The summed E-state index contributed by atoms with van der Waals surface area (Å²) < 4.78 is 69.5. The number of carbonyl (C=O) groups excluding carboxylic acids is 1. The van der Waals surface area contributed by atoms with Crippen molar-refractivity contribution in [3.63, 3.8) is 0 Å². The predicted octanol–water partition coefficient (Wildman–Crippen LogP) is 2.40. The summed E-state index contributed by atoms with van der Waals surface area (Å²) in [6, 6.07) is 0. The summed E-state index contributed by atoms with van der Waals surface area (Å²) in [6.07, 6.45) is 3.08. The number of rotatable bonds is 10.